The molecule has 18 heavy (non-hydrogen) atoms. The number of amides is 1. The highest BCUT2D eigenvalue weighted by Gasteiger charge is 2.33. The standard InChI is InChI=1S/C13H21N3O2/c1-3-10-11(9-16(2)15-10)14-12(17)8-13(18)6-4-5-7-13/h9,18H,3-8H2,1-2H3,(H,14,17). The van der Waals surface area contributed by atoms with Crippen molar-refractivity contribution in [1.82, 2.24) is 9.78 Å². The largest absolute Gasteiger partial charge is 0.389 e. The molecule has 0 saturated heterocycles. The monoisotopic (exact) mass is 251 g/mol. The van der Waals surface area contributed by atoms with Crippen molar-refractivity contribution in [2.75, 3.05) is 5.32 Å². The lowest BCUT2D eigenvalue weighted by molar-refractivity contribution is -0.120. The summed E-state index contributed by atoms with van der Waals surface area (Å²) in [4.78, 5) is 11.9. The number of anilines is 1. The molecular formula is C13H21N3O2. The van der Waals surface area contributed by atoms with Gasteiger partial charge in [-0.25, -0.2) is 0 Å². The van der Waals surface area contributed by atoms with E-state index in [1.54, 1.807) is 10.9 Å². The van der Waals surface area contributed by atoms with Crippen LogP contribution in [0.3, 0.4) is 0 Å². The third kappa shape index (κ3) is 2.90. The predicted molar refractivity (Wildman–Crippen MR) is 69.3 cm³/mol. The number of aliphatic hydroxyl groups is 1. The van der Waals surface area contributed by atoms with Crippen LogP contribution in [0.1, 0.15) is 44.7 Å². The molecule has 0 aromatic carbocycles. The minimum absolute atomic E-state index is 0.123. The van der Waals surface area contributed by atoms with Crippen LogP contribution < -0.4 is 5.32 Å². The van der Waals surface area contributed by atoms with E-state index in [1.807, 2.05) is 14.0 Å². The third-order valence-corrected chi connectivity index (χ3v) is 3.54. The molecule has 2 rings (SSSR count). The quantitative estimate of drug-likeness (QED) is 0.854. The first kappa shape index (κ1) is 13.1. The smallest absolute Gasteiger partial charge is 0.227 e. The molecule has 0 spiro atoms. The summed E-state index contributed by atoms with van der Waals surface area (Å²) in [6.07, 6.45) is 6.25. The van der Waals surface area contributed by atoms with Gasteiger partial charge in [-0.15, -0.1) is 0 Å². The molecule has 100 valence electrons. The van der Waals surface area contributed by atoms with Crippen LogP contribution in [-0.4, -0.2) is 26.4 Å². The Hall–Kier alpha value is -1.36. The van der Waals surface area contributed by atoms with Crippen molar-refractivity contribution < 1.29 is 9.90 Å². The van der Waals surface area contributed by atoms with E-state index in [1.165, 1.54) is 0 Å². The fraction of sp³-hybridized carbons (Fsp3) is 0.692. The first-order valence-electron chi connectivity index (χ1n) is 6.57. The van der Waals surface area contributed by atoms with Crippen molar-refractivity contribution in [2.24, 2.45) is 7.05 Å². The van der Waals surface area contributed by atoms with E-state index in [2.05, 4.69) is 10.4 Å². The highest BCUT2D eigenvalue weighted by Crippen LogP contribution is 2.32. The molecule has 1 aromatic rings. The molecule has 1 aliphatic rings. The molecule has 1 amide bonds. The highest BCUT2D eigenvalue weighted by atomic mass is 16.3. The zero-order chi connectivity index (χ0) is 13.2. The molecule has 0 radical (unpaired) electrons. The number of aromatic nitrogens is 2. The van der Waals surface area contributed by atoms with E-state index in [-0.39, 0.29) is 12.3 Å². The lowest BCUT2D eigenvalue weighted by Crippen LogP contribution is -2.30. The van der Waals surface area contributed by atoms with E-state index in [4.69, 9.17) is 0 Å². The molecule has 1 aromatic heterocycles. The van der Waals surface area contributed by atoms with Gasteiger partial charge in [-0.05, 0) is 19.3 Å². The van der Waals surface area contributed by atoms with Gasteiger partial charge in [0.05, 0.1) is 23.4 Å². The summed E-state index contributed by atoms with van der Waals surface area (Å²) in [5, 5.41) is 17.3. The number of nitrogens with one attached hydrogen (secondary N) is 1. The van der Waals surface area contributed by atoms with Crippen LogP contribution in [0, 0.1) is 0 Å². The second-order valence-corrected chi connectivity index (χ2v) is 5.17. The minimum Gasteiger partial charge on any atom is -0.389 e. The Morgan fingerprint density at radius 1 is 1.56 bits per heavy atom. The van der Waals surface area contributed by atoms with Crippen molar-refractivity contribution in [3.8, 4) is 0 Å². The van der Waals surface area contributed by atoms with E-state index in [0.29, 0.717) is 0 Å². The topological polar surface area (TPSA) is 67.2 Å². The Balaban J connectivity index is 1.98. The van der Waals surface area contributed by atoms with Crippen molar-refractivity contribution >= 4 is 11.6 Å². The maximum absolute atomic E-state index is 11.9. The molecule has 5 heteroatoms. The SMILES string of the molecule is CCc1nn(C)cc1NC(=O)CC1(O)CCCC1. The number of carbonyl (C=O) groups excluding carboxylic acids is 1. The van der Waals surface area contributed by atoms with Crippen LogP contribution in [0.2, 0.25) is 0 Å². The zero-order valence-corrected chi connectivity index (χ0v) is 11.1. The van der Waals surface area contributed by atoms with Gasteiger partial charge in [0.25, 0.3) is 0 Å². The van der Waals surface area contributed by atoms with Crippen LogP contribution in [0.5, 0.6) is 0 Å². The van der Waals surface area contributed by atoms with Gasteiger partial charge in [0.2, 0.25) is 5.91 Å². The summed E-state index contributed by atoms with van der Waals surface area (Å²) < 4.78 is 1.69. The Labute approximate surface area is 107 Å². The number of carbonyl (C=O) groups is 1. The second-order valence-electron chi connectivity index (χ2n) is 5.17. The second kappa shape index (κ2) is 5.10. The zero-order valence-electron chi connectivity index (χ0n) is 11.1. The molecule has 1 heterocycles. The van der Waals surface area contributed by atoms with Crippen LogP contribution in [0.25, 0.3) is 0 Å². The van der Waals surface area contributed by atoms with E-state index < -0.39 is 5.60 Å². The average Bonchev–Trinajstić information content (AvgIpc) is 2.85. The maximum atomic E-state index is 11.9. The Morgan fingerprint density at radius 2 is 2.22 bits per heavy atom. The molecule has 1 aliphatic carbocycles. The molecule has 0 unspecified atom stereocenters. The Bertz CT molecular complexity index is 433. The van der Waals surface area contributed by atoms with E-state index in [9.17, 15) is 9.90 Å². The molecule has 0 atom stereocenters. The Morgan fingerprint density at radius 3 is 2.83 bits per heavy atom. The molecular weight excluding hydrogens is 230 g/mol. The lowest BCUT2D eigenvalue weighted by atomic mass is 9.97. The fourth-order valence-electron chi connectivity index (χ4n) is 2.60. The molecule has 1 saturated carbocycles. The number of rotatable bonds is 4. The van der Waals surface area contributed by atoms with Gasteiger partial charge in [-0.3, -0.25) is 9.48 Å². The van der Waals surface area contributed by atoms with Crippen molar-refractivity contribution in [3.63, 3.8) is 0 Å². The van der Waals surface area contributed by atoms with Gasteiger partial charge in [0, 0.05) is 13.2 Å². The summed E-state index contributed by atoms with van der Waals surface area (Å²) in [5.41, 5.74) is 0.842. The molecule has 5 nitrogen and oxygen atoms in total. The highest BCUT2D eigenvalue weighted by molar-refractivity contribution is 5.91. The summed E-state index contributed by atoms with van der Waals surface area (Å²) in [6, 6.07) is 0. The fourth-order valence-corrected chi connectivity index (χ4v) is 2.60. The van der Waals surface area contributed by atoms with Gasteiger partial charge in [0.15, 0.2) is 0 Å². The molecule has 2 N–H and O–H groups in total. The van der Waals surface area contributed by atoms with Gasteiger partial charge in [-0.2, -0.15) is 5.10 Å². The predicted octanol–water partition coefficient (Wildman–Crippen LogP) is 1.62. The summed E-state index contributed by atoms with van der Waals surface area (Å²) in [5.74, 6) is -0.123. The third-order valence-electron chi connectivity index (χ3n) is 3.54. The summed E-state index contributed by atoms with van der Waals surface area (Å²) in [6.45, 7) is 2.00. The van der Waals surface area contributed by atoms with Crippen molar-refractivity contribution in [2.45, 2.75) is 51.0 Å². The number of hydrogen-bond acceptors (Lipinski definition) is 3. The van der Waals surface area contributed by atoms with Crippen molar-refractivity contribution in [1.29, 1.82) is 0 Å². The summed E-state index contributed by atoms with van der Waals surface area (Å²) in [7, 11) is 1.83. The van der Waals surface area contributed by atoms with Crippen LogP contribution in [-0.2, 0) is 18.3 Å². The molecule has 1 fully saturated rings. The molecule has 0 aliphatic heterocycles. The number of aryl methyl sites for hydroxylation is 2. The van der Waals surface area contributed by atoms with E-state index >= 15 is 0 Å². The van der Waals surface area contributed by atoms with Crippen LogP contribution >= 0.6 is 0 Å². The first-order valence-corrected chi connectivity index (χ1v) is 6.57. The lowest BCUT2D eigenvalue weighted by Gasteiger charge is -2.20. The summed E-state index contributed by atoms with van der Waals surface area (Å²) >= 11 is 0. The Kier molecular flexibility index (Phi) is 3.71. The average molecular weight is 251 g/mol. The van der Waals surface area contributed by atoms with Crippen LogP contribution in [0.15, 0.2) is 6.20 Å². The van der Waals surface area contributed by atoms with Gasteiger partial charge < -0.3 is 10.4 Å². The van der Waals surface area contributed by atoms with Gasteiger partial charge >= 0.3 is 0 Å². The van der Waals surface area contributed by atoms with Gasteiger partial charge in [0.1, 0.15) is 0 Å². The van der Waals surface area contributed by atoms with Crippen molar-refractivity contribution in [3.05, 3.63) is 11.9 Å². The van der Waals surface area contributed by atoms with E-state index in [0.717, 1.165) is 43.5 Å². The minimum atomic E-state index is -0.793. The number of hydrogen-bond donors (Lipinski definition) is 2. The maximum Gasteiger partial charge on any atom is 0.227 e. The van der Waals surface area contributed by atoms with Gasteiger partial charge in [-0.1, -0.05) is 19.8 Å². The first-order chi connectivity index (χ1) is 8.52. The number of nitrogens with zero attached hydrogens (tertiary/aromatic N) is 2. The molecule has 0 bridgehead atoms. The van der Waals surface area contributed by atoms with Crippen LogP contribution in [0.4, 0.5) is 5.69 Å². The normalized spacial score (nSPS) is 17.9.